The minimum atomic E-state index is -0.839. The van der Waals surface area contributed by atoms with Crippen molar-refractivity contribution >= 4 is 17.9 Å². The van der Waals surface area contributed by atoms with Crippen LogP contribution in [0, 0.1) is 0 Å². The molecule has 6 nitrogen and oxygen atoms in total. The monoisotopic (exact) mass is 979 g/mol. The minimum Gasteiger partial charge on any atom is -0.462 e. The molecule has 0 aromatic rings. The van der Waals surface area contributed by atoms with Gasteiger partial charge in [-0.25, -0.2) is 0 Å². The summed E-state index contributed by atoms with van der Waals surface area (Å²) < 4.78 is 16.7. The van der Waals surface area contributed by atoms with Crippen molar-refractivity contribution in [2.75, 3.05) is 13.2 Å². The molecule has 0 spiro atoms. The summed E-state index contributed by atoms with van der Waals surface area (Å²) >= 11 is 0. The highest BCUT2D eigenvalue weighted by Gasteiger charge is 2.19. The lowest BCUT2D eigenvalue weighted by atomic mass is 10.1. The zero-order valence-corrected chi connectivity index (χ0v) is 45.4. The van der Waals surface area contributed by atoms with Gasteiger partial charge in [0.25, 0.3) is 0 Å². The van der Waals surface area contributed by atoms with Crippen LogP contribution in [0.1, 0.15) is 226 Å². The van der Waals surface area contributed by atoms with Crippen LogP contribution in [0.3, 0.4) is 0 Å². The van der Waals surface area contributed by atoms with Crippen LogP contribution < -0.4 is 0 Å². The largest absolute Gasteiger partial charge is 0.462 e. The molecule has 0 amide bonds. The Labute approximate surface area is 436 Å². The molecule has 6 heteroatoms. The van der Waals surface area contributed by atoms with E-state index in [0.717, 1.165) is 116 Å². The SMILES string of the molecule is CC/C=C\C/C=C\C/C=C\C/C=C\C/C=C\C/C=C\CCC(=O)OCC(COC(=O)CCCCC/C=C\C=C/CCCCCCCCC)OC(=O)CCCCCCC\C=C/C=C\C=C/C=C\CCCCC. The third-order valence-corrected chi connectivity index (χ3v) is 11.4. The van der Waals surface area contributed by atoms with E-state index in [1.165, 1.54) is 64.2 Å². The van der Waals surface area contributed by atoms with Gasteiger partial charge < -0.3 is 14.2 Å². The van der Waals surface area contributed by atoms with E-state index in [1.807, 2.05) is 12.2 Å². The number of carbonyl (C=O) groups excluding carboxylic acids is 3. The molecule has 1 atom stereocenters. The van der Waals surface area contributed by atoms with Crippen LogP contribution in [0.2, 0.25) is 0 Å². The van der Waals surface area contributed by atoms with Crippen LogP contribution in [-0.2, 0) is 28.6 Å². The van der Waals surface area contributed by atoms with Crippen molar-refractivity contribution in [1.82, 2.24) is 0 Å². The standard InChI is InChI=1S/C65H102O6/c1-4-7-10-13-16-19-22-25-28-31-33-35-37-40-43-46-49-52-55-58-64(67)70-61-62(60-69-63(66)57-54-51-48-45-42-39-36-30-27-24-21-18-15-12-9-6-3)71-65(68)59-56-53-50-47-44-41-38-34-32-29-26-23-20-17-14-11-8-5-2/h7,10,16-17,19-20,23,25-26,28-30,32-36,38-40,42-43,49,52,62H,4-6,8-9,11-15,18,21-22,24,27,31,37,41,44-48,50-51,53-61H2,1-3H3/b10-7-,19-16-,20-17-,26-23-,28-25-,32-29-,35-33-,36-30-,38-34-,42-39-,43-40-,52-49-. The molecule has 0 radical (unpaired) electrons. The fraction of sp³-hybridized carbons (Fsp3) is 0.585. The number of ether oxygens (including phenoxy) is 3. The number of carbonyl (C=O) groups is 3. The van der Waals surface area contributed by atoms with Crippen LogP contribution in [0.4, 0.5) is 0 Å². The predicted molar refractivity (Wildman–Crippen MR) is 306 cm³/mol. The number of unbranched alkanes of at least 4 members (excludes halogenated alkanes) is 18. The van der Waals surface area contributed by atoms with E-state index >= 15 is 0 Å². The molecule has 0 fully saturated rings. The van der Waals surface area contributed by atoms with Crippen LogP contribution >= 0.6 is 0 Å². The molecular formula is C65H102O6. The second-order valence-corrected chi connectivity index (χ2v) is 18.2. The van der Waals surface area contributed by atoms with Crippen molar-refractivity contribution < 1.29 is 28.6 Å². The highest BCUT2D eigenvalue weighted by molar-refractivity contribution is 5.71. The Morgan fingerprint density at radius 2 is 0.634 bits per heavy atom. The van der Waals surface area contributed by atoms with E-state index < -0.39 is 6.10 Å². The average molecular weight is 980 g/mol. The first-order chi connectivity index (χ1) is 35.0. The summed E-state index contributed by atoms with van der Waals surface area (Å²) in [5.74, 6) is -1.07. The molecule has 0 bridgehead atoms. The second kappa shape index (κ2) is 57.9. The third-order valence-electron chi connectivity index (χ3n) is 11.4. The summed E-state index contributed by atoms with van der Waals surface area (Å²) in [5.41, 5.74) is 0. The molecule has 0 aliphatic rings. The van der Waals surface area contributed by atoms with E-state index in [0.29, 0.717) is 12.8 Å². The molecule has 0 aliphatic heterocycles. The normalized spacial score (nSPS) is 13.2. The van der Waals surface area contributed by atoms with E-state index in [1.54, 1.807) is 0 Å². The number of hydrogen-bond donors (Lipinski definition) is 0. The maximum absolute atomic E-state index is 12.9. The first kappa shape index (κ1) is 66.3. The number of esters is 3. The molecule has 0 aromatic carbocycles. The first-order valence-corrected chi connectivity index (χ1v) is 28.4. The number of allylic oxidation sites excluding steroid dienone is 24. The Morgan fingerprint density at radius 3 is 1.10 bits per heavy atom. The van der Waals surface area contributed by atoms with Gasteiger partial charge in [0.2, 0.25) is 0 Å². The summed E-state index contributed by atoms with van der Waals surface area (Å²) in [5, 5.41) is 0. The topological polar surface area (TPSA) is 78.9 Å². The molecule has 0 saturated heterocycles. The smallest absolute Gasteiger partial charge is 0.306 e. The van der Waals surface area contributed by atoms with Gasteiger partial charge in [0.15, 0.2) is 6.10 Å². The predicted octanol–water partition coefficient (Wildman–Crippen LogP) is 19.2. The van der Waals surface area contributed by atoms with Crippen LogP contribution in [0.5, 0.6) is 0 Å². The summed E-state index contributed by atoms with van der Waals surface area (Å²) in [4.78, 5) is 38.1. The maximum atomic E-state index is 12.9. The Bertz CT molecular complexity index is 1590. The van der Waals surface area contributed by atoms with Crippen molar-refractivity contribution in [3.05, 3.63) is 146 Å². The lowest BCUT2D eigenvalue weighted by Crippen LogP contribution is -2.30. The summed E-state index contributed by atoms with van der Waals surface area (Å²) in [6, 6.07) is 0. The van der Waals surface area contributed by atoms with Gasteiger partial charge in [-0.05, 0) is 109 Å². The molecule has 0 aromatic heterocycles. The maximum Gasteiger partial charge on any atom is 0.306 e. The van der Waals surface area contributed by atoms with Crippen molar-refractivity contribution in [1.29, 1.82) is 0 Å². The molecule has 0 N–H and O–H groups in total. The van der Waals surface area contributed by atoms with Crippen molar-refractivity contribution in [3.63, 3.8) is 0 Å². The molecule has 0 aliphatic carbocycles. The molecule has 0 heterocycles. The van der Waals surface area contributed by atoms with E-state index in [9.17, 15) is 14.4 Å². The molecule has 71 heavy (non-hydrogen) atoms. The van der Waals surface area contributed by atoms with Crippen molar-refractivity contribution in [3.8, 4) is 0 Å². The van der Waals surface area contributed by atoms with Crippen LogP contribution in [0.25, 0.3) is 0 Å². The highest BCUT2D eigenvalue weighted by atomic mass is 16.6. The molecule has 1 unspecified atom stereocenters. The first-order valence-electron chi connectivity index (χ1n) is 28.4. The Kier molecular flexibility index (Phi) is 54.0. The van der Waals surface area contributed by atoms with E-state index in [2.05, 4.69) is 154 Å². The fourth-order valence-electron chi connectivity index (χ4n) is 7.18. The Balaban J connectivity index is 4.63. The molecule has 398 valence electrons. The van der Waals surface area contributed by atoms with E-state index in [4.69, 9.17) is 14.2 Å². The van der Waals surface area contributed by atoms with Gasteiger partial charge >= 0.3 is 17.9 Å². The lowest BCUT2D eigenvalue weighted by molar-refractivity contribution is -0.166. The average Bonchev–Trinajstić information content (AvgIpc) is 3.37. The third kappa shape index (κ3) is 56.1. The van der Waals surface area contributed by atoms with Crippen molar-refractivity contribution in [2.24, 2.45) is 0 Å². The number of hydrogen-bond acceptors (Lipinski definition) is 6. The van der Waals surface area contributed by atoms with Gasteiger partial charge in [-0.1, -0.05) is 244 Å². The van der Waals surface area contributed by atoms with Crippen LogP contribution in [-0.4, -0.2) is 37.2 Å². The van der Waals surface area contributed by atoms with Crippen molar-refractivity contribution in [2.45, 2.75) is 232 Å². The lowest BCUT2D eigenvalue weighted by Gasteiger charge is -2.18. The summed E-state index contributed by atoms with van der Waals surface area (Å²) in [6.07, 6.45) is 82.7. The molecular weight excluding hydrogens is 877 g/mol. The summed E-state index contributed by atoms with van der Waals surface area (Å²) in [7, 11) is 0. The molecule has 0 rings (SSSR count). The minimum absolute atomic E-state index is 0.131. The fourth-order valence-corrected chi connectivity index (χ4v) is 7.18. The zero-order valence-electron chi connectivity index (χ0n) is 45.4. The highest BCUT2D eigenvalue weighted by Crippen LogP contribution is 2.12. The van der Waals surface area contributed by atoms with Gasteiger partial charge in [-0.3, -0.25) is 14.4 Å². The zero-order chi connectivity index (χ0) is 51.4. The Morgan fingerprint density at radius 1 is 0.310 bits per heavy atom. The van der Waals surface area contributed by atoms with E-state index in [-0.39, 0.29) is 44.0 Å². The van der Waals surface area contributed by atoms with Gasteiger partial charge in [-0.2, -0.15) is 0 Å². The van der Waals surface area contributed by atoms with Gasteiger partial charge in [0, 0.05) is 19.3 Å². The van der Waals surface area contributed by atoms with Crippen LogP contribution in [0.15, 0.2) is 146 Å². The van der Waals surface area contributed by atoms with Gasteiger partial charge in [-0.15, -0.1) is 0 Å². The Hall–Kier alpha value is -4.71. The summed E-state index contributed by atoms with van der Waals surface area (Å²) in [6.45, 7) is 6.36. The quantitative estimate of drug-likeness (QED) is 0.0199. The molecule has 0 saturated carbocycles. The van der Waals surface area contributed by atoms with Gasteiger partial charge in [0.1, 0.15) is 13.2 Å². The van der Waals surface area contributed by atoms with Gasteiger partial charge in [0.05, 0.1) is 0 Å². The second-order valence-electron chi connectivity index (χ2n) is 18.2. The number of rotatable bonds is 49.